The predicted molar refractivity (Wildman–Crippen MR) is 175 cm³/mol. The second-order valence-corrected chi connectivity index (χ2v) is 13.4. The van der Waals surface area contributed by atoms with Crippen LogP contribution in [0.1, 0.15) is 87.0 Å². The molecule has 2 saturated carbocycles. The minimum absolute atomic E-state index is 0.000642. The minimum Gasteiger partial charge on any atom is -0.496 e. The molecule has 0 saturated heterocycles. The van der Waals surface area contributed by atoms with Gasteiger partial charge in [-0.2, -0.15) is 0 Å². The van der Waals surface area contributed by atoms with Gasteiger partial charge in [-0.1, -0.05) is 30.6 Å². The first-order chi connectivity index (χ1) is 23.2. The number of Topliss-reactive ketones (excluding diaryl/α,β-unsaturated/α-hetero) is 1. The van der Waals surface area contributed by atoms with Crippen LogP contribution < -0.4 is 24.8 Å². The standard InChI is InChI=1S/C38H41NO9/c1-4-46-37(43)36-26(18-40)31(22-10-12-29(42)24(16-22)20-9-11-28-21(15-20)13-14-39-28)32-34(45-3)25-17-30(38(2,44)23-7-5-6-8-23)47-33(25)27(19-41)35(32)48-36/h9,11,13,15,18,23-24,30,41,44H,4-8,10,12,14,16-17,19H2,1-3H3. The Morgan fingerprint density at radius 2 is 1.96 bits per heavy atom. The molecule has 252 valence electrons. The van der Waals surface area contributed by atoms with E-state index in [-0.39, 0.29) is 47.4 Å². The van der Waals surface area contributed by atoms with Crippen LogP contribution in [-0.4, -0.2) is 60.2 Å². The normalized spacial score (nSPS) is 24.4. The molecule has 2 aromatic carbocycles. The lowest BCUT2D eigenvalue weighted by atomic mass is 9.75. The van der Waals surface area contributed by atoms with Gasteiger partial charge < -0.3 is 29.2 Å². The summed E-state index contributed by atoms with van der Waals surface area (Å²) in [5, 5.41) is 24.5. The van der Waals surface area contributed by atoms with Crippen molar-refractivity contribution in [1.29, 1.82) is 0 Å². The molecule has 3 aliphatic heterocycles. The van der Waals surface area contributed by atoms with Gasteiger partial charge in [0.1, 0.15) is 34.7 Å². The lowest BCUT2D eigenvalue weighted by Gasteiger charge is -2.35. The Kier molecular flexibility index (Phi) is 8.49. The number of allylic oxidation sites excluding steroid dienone is 3. The molecule has 10 nitrogen and oxygen atoms in total. The van der Waals surface area contributed by atoms with Gasteiger partial charge in [0.2, 0.25) is 5.76 Å². The van der Waals surface area contributed by atoms with Gasteiger partial charge in [0.15, 0.2) is 6.29 Å². The maximum atomic E-state index is 13.5. The highest BCUT2D eigenvalue weighted by atomic mass is 16.6. The number of hydrogen-bond donors (Lipinski definition) is 2. The van der Waals surface area contributed by atoms with E-state index in [9.17, 15) is 24.6 Å². The van der Waals surface area contributed by atoms with Gasteiger partial charge in [0, 0.05) is 29.9 Å². The van der Waals surface area contributed by atoms with Crippen LogP contribution in [0, 0.1) is 5.92 Å². The molecule has 0 aromatic heterocycles. The summed E-state index contributed by atoms with van der Waals surface area (Å²) in [6, 6.07) is 5.87. The van der Waals surface area contributed by atoms with Crippen LogP contribution in [-0.2, 0) is 32.1 Å². The smallest absolute Gasteiger partial charge is 0.375 e. The van der Waals surface area contributed by atoms with Gasteiger partial charge in [-0.25, -0.2) is 4.79 Å². The molecule has 0 amide bonds. The molecule has 10 heteroatoms. The third-order valence-electron chi connectivity index (χ3n) is 10.8. The number of ether oxygens (including phenoxy) is 4. The quantitative estimate of drug-likeness (QED) is 0.323. The molecule has 0 spiro atoms. The van der Waals surface area contributed by atoms with Crippen LogP contribution in [0.4, 0.5) is 0 Å². The molecule has 3 atom stereocenters. The van der Waals surface area contributed by atoms with E-state index in [4.69, 9.17) is 18.9 Å². The number of benzene rings is 2. The molecule has 2 aromatic rings. The lowest BCUT2D eigenvalue weighted by Crippen LogP contribution is -2.47. The second-order valence-electron chi connectivity index (χ2n) is 13.4. The van der Waals surface area contributed by atoms with Crippen LogP contribution >= 0.6 is 0 Å². The number of aliphatic hydroxyl groups excluding tert-OH is 1. The van der Waals surface area contributed by atoms with Gasteiger partial charge in [-0.15, -0.1) is 0 Å². The maximum Gasteiger partial charge on any atom is 0.375 e. The van der Waals surface area contributed by atoms with Crippen LogP contribution in [0.3, 0.4) is 0 Å². The monoisotopic (exact) mass is 655 g/mol. The molecule has 3 unspecified atom stereocenters. The van der Waals surface area contributed by atoms with Crippen molar-refractivity contribution in [3.8, 4) is 17.2 Å². The number of carbonyl (C=O) groups excluding carboxylic acids is 3. The van der Waals surface area contributed by atoms with E-state index in [0.717, 1.165) is 47.4 Å². The third kappa shape index (κ3) is 5.17. The number of esters is 1. The highest BCUT2D eigenvalue weighted by Gasteiger charge is 2.49. The molecule has 0 bridgehead atoms. The molecule has 5 aliphatic rings. The summed E-state index contributed by atoms with van der Waals surface area (Å²) in [5.74, 6) is -0.588. The molecular formula is C38H41NO9. The van der Waals surface area contributed by atoms with Crippen LogP contribution in [0.2, 0.25) is 0 Å². The zero-order valence-electron chi connectivity index (χ0n) is 27.6. The lowest BCUT2D eigenvalue weighted by molar-refractivity contribution is -0.141. The number of rotatable bonds is 8. The van der Waals surface area contributed by atoms with Crippen LogP contribution in [0.15, 0.2) is 40.1 Å². The first-order valence-corrected chi connectivity index (χ1v) is 16.9. The molecule has 3 heterocycles. The summed E-state index contributed by atoms with van der Waals surface area (Å²) in [4.78, 5) is 44.3. The summed E-state index contributed by atoms with van der Waals surface area (Å²) in [7, 11) is 1.52. The Morgan fingerprint density at radius 1 is 1.17 bits per heavy atom. The van der Waals surface area contributed by atoms with Crippen molar-refractivity contribution in [2.24, 2.45) is 10.9 Å². The number of aldehydes is 1. The highest BCUT2D eigenvalue weighted by Crippen LogP contribution is 2.57. The fourth-order valence-corrected chi connectivity index (χ4v) is 8.31. The van der Waals surface area contributed by atoms with E-state index in [1.165, 1.54) is 7.11 Å². The summed E-state index contributed by atoms with van der Waals surface area (Å²) in [6.45, 7) is 3.62. The minimum atomic E-state index is -1.14. The van der Waals surface area contributed by atoms with Crippen molar-refractivity contribution in [3.05, 3.63) is 67.9 Å². The molecule has 2 aliphatic carbocycles. The number of methoxy groups -OCH3 is 1. The third-order valence-corrected chi connectivity index (χ3v) is 10.8. The van der Waals surface area contributed by atoms with E-state index in [2.05, 4.69) is 4.99 Å². The number of fused-ring (bicyclic) bond motifs is 3. The van der Waals surface area contributed by atoms with Gasteiger partial charge in [0.05, 0.1) is 48.9 Å². The Balaban J connectivity index is 1.42. The molecule has 2 N–H and O–H groups in total. The summed E-state index contributed by atoms with van der Waals surface area (Å²) < 4.78 is 24.1. The molecular weight excluding hydrogens is 614 g/mol. The Bertz CT molecular complexity index is 1900. The average molecular weight is 656 g/mol. The van der Waals surface area contributed by atoms with Crippen molar-refractivity contribution >= 4 is 29.7 Å². The van der Waals surface area contributed by atoms with Crippen molar-refractivity contribution in [2.45, 2.75) is 89.4 Å². The molecule has 7 rings (SSSR count). The Morgan fingerprint density at radius 3 is 2.67 bits per heavy atom. The number of aliphatic hydroxyl groups is 2. The van der Waals surface area contributed by atoms with E-state index < -0.39 is 30.2 Å². The van der Waals surface area contributed by atoms with Gasteiger partial charge in [-0.3, -0.25) is 14.6 Å². The Hall–Kier alpha value is -4.28. The first-order valence-electron chi connectivity index (χ1n) is 16.9. The van der Waals surface area contributed by atoms with Gasteiger partial charge in [-0.05, 0) is 68.4 Å². The van der Waals surface area contributed by atoms with Crippen LogP contribution in [0.5, 0.6) is 17.2 Å². The van der Waals surface area contributed by atoms with Gasteiger partial charge in [0.25, 0.3) is 0 Å². The largest absolute Gasteiger partial charge is 0.496 e. The van der Waals surface area contributed by atoms with Gasteiger partial charge >= 0.3 is 5.97 Å². The fraction of sp³-hybridized carbons (Fsp3) is 0.474. The maximum absolute atomic E-state index is 13.5. The van der Waals surface area contributed by atoms with Crippen molar-refractivity contribution < 1.29 is 43.5 Å². The van der Waals surface area contributed by atoms with Crippen molar-refractivity contribution in [1.82, 2.24) is 0 Å². The molecule has 48 heavy (non-hydrogen) atoms. The summed E-state index contributed by atoms with van der Waals surface area (Å²) in [6.07, 6.45) is 7.10. The average Bonchev–Trinajstić information content (AvgIpc) is 3.88. The number of carbonyl (C=O) groups is 3. The van der Waals surface area contributed by atoms with E-state index in [0.29, 0.717) is 60.3 Å². The zero-order valence-corrected chi connectivity index (χ0v) is 27.6. The highest BCUT2D eigenvalue weighted by molar-refractivity contribution is 6.11. The second kappa shape index (κ2) is 12.6. The van der Waals surface area contributed by atoms with Crippen molar-refractivity contribution in [2.75, 3.05) is 20.3 Å². The summed E-state index contributed by atoms with van der Waals surface area (Å²) >= 11 is 0. The Labute approximate surface area is 278 Å². The molecule has 2 fully saturated rings. The first kappa shape index (κ1) is 32.3. The summed E-state index contributed by atoms with van der Waals surface area (Å²) in [5.41, 5.74) is 2.31. The number of nitrogens with zero attached hydrogens (tertiary/aromatic N) is 1. The van der Waals surface area contributed by atoms with Crippen molar-refractivity contribution in [3.63, 3.8) is 0 Å². The fourth-order valence-electron chi connectivity index (χ4n) is 8.31. The van der Waals surface area contributed by atoms with Crippen LogP contribution in [0.25, 0.3) is 11.6 Å². The topological polar surface area (TPSA) is 141 Å². The SMILES string of the molecule is CCOC(=O)C1=C(C=O)C(=C2CCC(=O)C(c3ccc4c(c3)=CCN=4)C2)c2c(OC)c3c(c(CO)c2O1)OC(C(C)(O)C1CCCC1)C3. The van der Waals surface area contributed by atoms with E-state index in [1.54, 1.807) is 6.92 Å². The van der Waals surface area contributed by atoms with E-state index in [1.807, 2.05) is 31.2 Å². The predicted octanol–water partition coefficient (Wildman–Crippen LogP) is 3.54. The zero-order chi connectivity index (χ0) is 33.7. The van der Waals surface area contributed by atoms with E-state index >= 15 is 0 Å². The number of hydrogen-bond acceptors (Lipinski definition) is 10. The molecule has 0 radical (unpaired) electrons. The number of ketones is 1.